The first kappa shape index (κ1) is 27.1. The van der Waals surface area contributed by atoms with Gasteiger partial charge in [-0.3, -0.25) is 4.79 Å². The van der Waals surface area contributed by atoms with Gasteiger partial charge in [0.25, 0.3) is 5.92 Å². The summed E-state index contributed by atoms with van der Waals surface area (Å²) in [6.07, 6.45) is 6.90. The Kier molecular flexibility index (Phi) is 7.97. The molecule has 1 amide bonds. The van der Waals surface area contributed by atoms with Crippen LogP contribution < -0.4 is 20.7 Å². The number of benzene rings is 2. The average molecular weight is 545 g/mol. The lowest BCUT2D eigenvalue weighted by atomic mass is 10.0. The van der Waals surface area contributed by atoms with E-state index in [1.165, 1.54) is 0 Å². The first-order chi connectivity index (χ1) is 19.3. The molecule has 206 valence electrons. The molecular formula is C30H30F2N6O2. The summed E-state index contributed by atoms with van der Waals surface area (Å²) in [5, 5.41) is 10.9. The van der Waals surface area contributed by atoms with Crippen LogP contribution in [0.1, 0.15) is 25.3 Å². The standard InChI is InChI=1S/C30H30F2N6O2/c1-19-10-11-21-22(7-3-9-24(21)37-26(39)12-14-30(2,31)32)27(19)40-28-23(8-5-16-34-28)25-13-17-35-29(38-25)36-20-6-4-15-33-18-20/h3,5,7-14,16-17,20,33H,4,6,15,18H2,1-2H3,(H,37,39)(H,35,36,38)/b14-12+/t20-/m0/s1. The van der Waals surface area contributed by atoms with E-state index < -0.39 is 11.8 Å². The van der Waals surface area contributed by atoms with Gasteiger partial charge in [-0.15, -0.1) is 0 Å². The molecule has 0 aliphatic carbocycles. The molecule has 0 bridgehead atoms. The number of rotatable bonds is 8. The van der Waals surface area contributed by atoms with Crippen LogP contribution in [-0.2, 0) is 4.79 Å². The number of aromatic nitrogens is 3. The largest absolute Gasteiger partial charge is 0.437 e. The Morgan fingerprint density at radius 3 is 2.77 bits per heavy atom. The number of pyridine rings is 1. The number of alkyl halides is 2. The van der Waals surface area contributed by atoms with Crippen LogP contribution >= 0.6 is 0 Å². The molecule has 1 fully saturated rings. The lowest BCUT2D eigenvalue weighted by Gasteiger charge is -2.23. The van der Waals surface area contributed by atoms with E-state index in [1.807, 2.05) is 43.3 Å². The topological polar surface area (TPSA) is 101 Å². The number of carbonyl (C=O) groups excluding carboxylic acids is 1. The Morgan fingerprint density at radius 2 is 1.98 bits per heavy atom. The smallest absolute Gasteiger partial charge is 0.264 e. The zero-order valence-electron chi connectivity index (χ0n) is 22.2. The highest BCUT2D eigenvalue weighted by atomic mass is 19.3. The maximum absolute atomic E-state index is 13.2. The van der Waals surface area contributed by atoms with Gasteiger partial charge in [-0.2, -0.15) is 0 Å². The fourth-order valence-electron chi connectivity index (χ4n) is 4.58. The van der Waals surface area contributed by atoms with Gasteiger partial charge in [0, 0.05) is 54.4 Å². The molecule has 0 spiro atoms. The van der Waals surface area contributed by atoms with Crippen LogP contribution in [0.15, 0.2) is 73.1 Å². The first-order valence-electron chi connectivity index (χ1n) is 13.1. The lowest BCUT2D eigenvalue weighted by molar-refractivity contribution is -0.112. The maximum atomic E-state index is 13.2. The van der Waals surface area contributed by atoms with Crippen molar-refractivity contribution >= 4 is 28.3 Å². The molecule has 1 saturated heterocycles. The second-order valence-corrected chi connectivity index (χ2v) is 9.80. The van der Waals surface area contributed by atoms with Crippen molar-refractivity contribution in [1.29, 1.82) is 0 Å². The number of nitrogens with zero attached hydrogens (tertiary/aromatic N) is 3. The van der Waals surface area contributed by atoms with Gasteiger partial charge in [-0.1, -0.05) is 24.3 Å². The van der Waals surface area contributed by atoms with Crippen LogP contribution in [-0.4, -0.2) is 45.9 Å². The summed E-state index contributed by atoms with van der Waals surface area (Å²) in [7, 11) is 0. The molecule has 1 aliphatic heterocycles. The summed E-state index contributed by atoms with van der Waals surface area (Å²) < 4.78 is 32.7. The number of hydrogen-bond donors (Lipinski definition) is 3. The van der Waals surface area contributed by atoms with Crippen molar-refractivity contribution in [2.75, 3.05) is 23.7 Å². The van der Waals surface area contributed by atoms with E-state index in [2.05, 4.69) is 25.9 Å². The van der Waals surface area contributed by atoms with Crippen molar-refractivity contribution in [2.45, 2.75) is 38.7 Å². The quantitative estimate of drug-likeness (QED) is 0.230. The first-order valence-corrected chi connectivity index (χ1v) is 13.1. The van der Waals surface area contributed by atoms with E-state index in [-0.39, 0.29) is 6.04 Å². The summed E-state index contributed by atoms with van der Waals surface area (Å²) >= 11 is 0. The minimum absolute atomic E-state index is 0.260. The van der Waals surface area contributed by atoms with Crippen molar-refractivity contribution in [3.05, 3.63) is 78.6 Å². The summed E-state index contributed by atoms with van der Waals surface area (Å²) in [4.78, 5) is 25.9. The highest BCUT2D eigenvalue weighted by Crippen LogP contribution is 2.38. The number of nitrogens with one attached hydrogen (secondary N) is 3. The van der Waals surface area contributed by atoms with Gasteiger partial charge in [0.15, 0.2) is 0 Å². The Bertz CT molecular complexity index is 1550. The fourth-order valence-corrected chi connectivity index (χ4v) is 4.58. The molecule has 40 heavy (non-hydrogen) atoms. The molecule has 1 aliphatic rings. The van der Waals surface area contributed by atoms with Crippen LogP contribution in [0.5, 0.6) is 11.6 Å². The summed E-state index contributed by atoms with van der Waals surface area (Å²) in [6.45, 7) is 4.52. The number of ether oxygens (including phenoxy) is 1. The molecule has 10 heteroatoms. The van der Waals surface area contributed by atoms with Gasteiger partial charge in [-0.25, -0.2) is 23.7 Å². The van der Waals surface area contributed by atoms with Gasteiger partial charge in [0.2, 0.25) is 17.7 Å². The Morgan fingerprint density at radius 1 is 1.10 bits per heavy atom. The van der Waals surface area contributed by atoms with Crippen LogP contribution in [0.4, 0.5) is 20.4 Å². The third-order valence-electron chi connectivity index (χ3n) is 6.53. The van der Waals surface area contributed by atoms with E-state index in [0.29, 0.717) is 46.0 Å². The van der Waals surface area contributed by atoms with E-state index >= 15 is 0 Å². The molecule has 5 rings (SSSR count). The molecule has 2 aromatic heterocycles. The molecular weight excluding hydrogens is 514 g/mol. The fraction of sp³-hybridized carbons (Fsp3) is 0.267. The second kappa shape index (κ2) is 11.7. The van der Waals surface area contributed by atoms with Crippen LogP contribution in [0.3, 0.4) is 0 Å². The molecule has 0 radical (unpaired) electrons. The molecule has 0 unspecified atom stereocenters. The third-order valence-corrected chi connectivity index (χ3v) is 6.53. The number of anilines is 2. The summed E-state index contributed by atoms with van der Waals surface area (Å²) in [5.74, 6) is -2.27. The van der Waals surface area contributed by atoms with Gasteiger partial charge in [0.1, 0.15) is 5.75 Å². The van der Waals surface area contributed by atoms with Crippen molar-refractivity contribution in [3.8, 4) is 22.9 Å². The van der Waals surface area contributed by atoms with Crippen molar-refractivity contribution in [3.63, 3.8) is 0 Å². The Balaban J connectivity index is 1.45. The number of aryl methyl sites for hydroxylation is 1. The van der Waals surface area contributed by atoms with Gasteiger partial charge in [-0.05, 0) is 62.2 Å². The molecule has 8 nitrogen and oxygen atoms in total. The van der Waals surface area contributed by atoms with Crippen molar-refractivity contribution in [1.82, 2.24) is 20.3 Å². The normalized spacial score (nSPS) is 15.8. The predicted octanol–water partition coefficient (Wildman–Crippen LogP) is 6.11. The monoisotopic (exact) mass is 544 g/mol. The highest BCUT2D eigenvalue weighted by molar-refractivity contribution is 6.07. The molecule has 4 aromatic rings. The molecule has 0 saturated carbocycles. The zero-order chi connectivity index (χ0) is 28.1. The Labute approximate surface area is 230 Å². The molecule has 1 atom stereocenters. The number of amides is 1. The predicted molar refractivity (Wildman–Crippen MR) is 152 cm³/mol. The number of hydrogen-bond acceptors (Lipinski definition) is 7. The lowest BCUT2D eigenvalue weighted by Crippen LogP contribution is -2.38. The van der Waals surface area contributed by atoms with Crippen LogP contribution in [0.25, 0.3) is 22.0 Å². The molecule has 2 aromatic carbocycles. The van der Waals surface area contributed by atoms with E-state index in [9.17, 15) is 13.6 Å². The minimum atomic E-state index is -3.08. The van der Waals surface area contributed by atoms with E-state index in [0.717, 1.165) is 49.9 Å². The van der Waals surface area contributed by atoms with Crippen molar-refractivity contribution < 1.29 is 18.3 Å². The van der Waals surface area contributed by atoms with Gasteiger partial charge in [0.05, 0.1) is 11.3 Å². The number of fused-ring (bicyclic) bond motifs is 1. The van der Waals surface area contributed by atoms with Crippen LogP contribution in [0, 0.1) is 6.92 Å². The molecule has 3 N–H and O–H groups in total. The number of allylic oxidation sites excluding steroid dienone is 1. The van der Waals surface area contributed by atoms with Gasteiger partial charge >= 0.3 is 0 Å². The van der Waals surface area contributed by atoms with Gasteiger partial charge < -0.3 is 20.7 Å². The van der Waals surface area contributed by atoms with Crippen LogP contribution in [0.2, 0.25) is 0 Å². The van der Waals surface area contributed by atoms with E-state index in [4.69, 9.17) is 9.72 Å². The third kappa shape index (κ3) is 6.58. The SMILES string of the molecule is Cc1ccc2c(NC(=O)/C=C/C(C)(F)F)cccc2c1Oc1ncccc1-c1ccnc(N[C@H]2CCCNC2)n1. The zero-order valence-corrected chi connectivity index (χ0v) is 22.2. The Hall–Kier alpha value is -4.44. The number of carbonyl (C=O) groups is 1. The highest BCUT2D eigenvalue weighted by Gasteiger charge is 2.19. The number of piperidine rings is 1. The van der Waals surface area contributed by atoms with Crippen molar-refractivity contribution in [2.24, 2.45) is 0 Å². The maximum Gasteiger partial charge on any atom is 0.264 e. The average Bonchev–Trinajstić information content (AvgIpc) is 2.94. The van der Waals surface area contributed by atoms with E-state index in [1.54, 1.807) is 24.5 Å². The molecule has 3 heterocycles. The number of halogens is 2. The summed E-state index contributed by atoms with van der Waals surface area (Å²) in [6, 6.07) is 14.9. The minimum Gasteiger partial charge on any atom is -0.437 e. The second-order valence-electron chi connectivity index (χ2n) is 9.80. The summed E-state index contributed by atoms with van der Waals surface area (Å²) in [5.41, 5.74) is 2.69.